The van der Waals surface area contributed by atoms with Crippen LogP contribution in [0.15, 0.2) is 42.5 Å². The van der Waals surface area contributed by atoms with E-state index in [-0.39, 0.29) is 28.2 Å². The lowest BCUT2D eigenvalue weighted by Crippen LogP contribution is -2.52. The van der Waals surface area contributed by atoms with E-state index in [0.29, 0.717) is 13.0 Å². The van der Waals surface area contributed by atoms with Crippen molar-refractivity contribution in [3.63, 3.8) is 0 Å². The highest BCUT2D eigenvalue weighted by molar-refractivity contribution is 7.92. The molecule has 0 aliphatic heterocycles. The zero-order valence-electron chi connectivity index (χ0n) is 20.6. The van der Waals surface area contributed by atoms with Crippen molar-refractivity contribution < 1.29 is 18.0 Å². The lowest BCUT2D eigenvalue weighted by Gasteiger charge is -2.33. The normalized spacial score (nSPS) is 12.2. The van der Waals surface area contributed by atoms with Gasteiger partial charge in [0.1, 0.15) is 12.6 Å². The molecule has 1 N–H and O–H groups in total. The maximum Gasteiger partial charge on any atom is 0.244 e. The first kappa shape index (κ1) is 28.9. The van der Waals surface area contributed by atoms with Crippen molar-refractivity contribution in [3.05, 3.63) is 63.6 Å². The van der Waals surface area contributed by atoms with E-state index >= 15 is 0 Å². The minimum Gasteiger partial charge on any atom is -0.354 e. The fraction of sp³-hybridized carbons (Fsp3) is 0.440. The summed E-state index contributed by atoms with van der Waals surface area (Å²) in [5.41, 5.74) is 2.01. The Morgan fingerprint density at radius 2 is 1.69 bits per heavy atom. The van der Waals surface area contributed by atoms with E-state index in [0.717, 1.165) is 34.5 Å². The van der Waals surface area contributed by atoms with Gasteiger partial charge in [-0.05, 0) is 49.1 Å². The van der Waals surface area contributed by atoms with E-state index in [4.69, 9.17) is 23.2 Å². The van der Waals surface area contributed by atoms with Gasteiger partial charge in [-0.3, -0.25) is 13.9 Å². The molecule has 0 aliphatic rings. The zero-order chi connectivity index (χ0) is 26.2. The summed E-state index contributed by atoms with van der Waals surface area (Å²) in [6.45, 7) is 5.96. The predicted octanol–water partition coefficient (Wildman–Crippen LogP) is 4.79. The average molecular weight is 543 g/mol. The van der Waals surface area contributed by atoms with Gasteiger partial charge in [0.15, 0.2) is 0 Å². The zero-order valence-corrected chi connectivity index (χ0v) is 22.9. The van der Waals surface area contributed by atoms with Crippen LogP contribution in [0.3, 0.4) is 0 Å². The number of aryl methyl sites for hydroxylation is 1. The Bertz CT molecular complexity index is 1120. The maximum absolute atomic E-state index is 13.7. The summed E-state index contributed by atoms with van der Waals surface area (Å²) < 4.78 is 26.3. The molecule has 0 spiro atoms. The van der Waals surface area contributed by atoms with Gasteiger partial charge in [-0.25, -0.2) is 8.42 Å². The van der Waals surface area contributed by atoms with Crippen molar-refractivity contribution >= 4 is 50.7 Å². The van der Waals surface area contributed by atoms with Crippen molar-refractivity contribution in [3.8, 4) is 0 Å². The fourth-order valence-electron chi connectivity index (χ4n) is 3.69. The van der Waals surface area contributed by atoms with E-state index in [1.54, 1.807) is 0 Å². The third-order valence-electron chi connectivity index (χ3n) is 5.63. The lowest BCUT2D eigenvalue weighted by atomic mass is 10.1. The van der Waals surface area contributed by atoms with E-state index in [1.165, 1.54) is 23.1 Å². The molecule has 0 saturated heterocycles. The predicted molar refractivity (Wildman–Crippen MR) is 142 cm³/mol. The number of carbonyl (C=O) groups is 2. The van der Waals surface area contributed by atoms with Crippen LogP contribution in [0.1, 0.15) is 44.2 Å². The second-order valence-corrected chi connectivity index (χ2v) is 11.2. The van der Waals surface area contributed by atoms with Crippen molar-refractivity contribution in [1.82, 2.24) is 10.2 Å². The standard InChI is InChI=1S/C25H33Cl2N3O4S/c1-5-7-12-28-25(32)23(6-2)29(16-19-11-9-8-10-18(19)3)24(31)17-30(35(4,33)34)22-14-20(26)13-21(27)15-22/h8-11,13-15,23H,5-7,12,16-17H2,1-4H3,(H,28,32). The summed E-state index contributed by atoms with van der Waals surface area (Å²) in [5, 5.41) is 3.39. The molecule has 0 heterocycles. The molecule has 2 aromatic carbocycles. The summed E-state index contributed by atoms with van der Waals surface area (Å²) in [5.74, 6) is -0.771. The van der Waals surface area contributed by atoms with Gasteiger partial charge in [-0.2, -0.15) is 0 Å². The second-order valence-electron chi connectivity index (χ2n) is 8.41. The molecule has 2 aromatic rings. The molecule has 10 heteroatoms. The molecule has 1 unspecified atom stereocenters. The highest BCUT2D eigenvalue weighted by Crippen LogP contribution is 2.27. The second kappa shape index (κ2) is 13.1. The molecule has 7 nitrogen and oxygen atoms in total. The third-order valence-corrected chi connectivity index (χ3v) is 7.21. The van der Waals surface area contributed by atoms with Gasteiger partial charge < -0.3 is 10.2 Å². The molecule has 2 amide bonds. The number of hydrogen-bond acceptors (Lipinski definition) is 4. The molecule has 0 bridgehead atoms. The summed E-state index contributed by atoms with van der Waals surface area (Å²) in [7, 11) is -3.86. The quantitative estimate of drug-likeness (QED) is 0.391. The monoisotopic (exact) mass is 541 g/mol. The molecular weight excluding hydrogens is 509 g/mol. The van der Waals surface area contributed by atoms with Crippen LogP contribution in [0.4, 0.5) is 5.69 Å². The fourth-order valence-corrected chi connectivity index (χ4v) is 5.04. The molecule has 0 radical (unpaired) electrons. The van der Waals surface area contributed by atoms with Crippen molar-refractivity contribution in [2.24, 2.45) is 0 Å². The third kappa shape index (κ3) is 8.40. The Morgan fingerprint density at radius 3 is 2.23 bits per heavy atom. The summed E-state index contributed by atoms with van der Waals surface area (Å²) in [4.78, 5) is 28.2. The number of hydrogen-bond donors (Lipinski definition) is 1. The van der Waals surface area contributed by atoms with E-state index in [9.17, 15) is 18.0 Å². The van der Waals surface area contributed by atoms with Gasteiger partial charge in [0.2, 0.25) is 21.8 Å². The molecule has 35 heavy (non-hydrogen) atoms. The van der Waals surface area contributed by atoms with E-state index in [2.05, 4.69) is 5.32 Å². The Kier molecular flexibility index (Phi) is 10.9. The molecule has 2 rings (SSSR count). The number of anilines is 1. The summed E-state index contributed by atoms with van der Waals surface area (Å²) in [6.07, 6.45) is 3.13. The number of benzene rings is 2. The molecule has 0 saturated carbocycles. The number of carbonyl (C=O) groups excluding carboxylic acids is 2. The van der Waals surface area contributed by atoms with Gasteiger partial charge in [0, 0.05) is 23.1 Å². The molecular formula is C25H33Cl2N3O4S. The van der Waals surface area contributed by atoms with Gasteiger partial charge in [-0.1, -0.05) is 67.7 Å². The lowest BCUT2D eigenvalue weighted by molar-refractivity contribution is -0.140. The first-order valence-electron chi connectivity index (χ1n) is 11.5. The maximum atomic E-state index is 13.7. The Balaban J connectivity index is 2.45. The van der Waals surface area contributed by atoms with Crippen LogP contribution in [0.25, 0.3) is 0 Å². The van der Waals surface area contributed by atoms with Crippen LogP contribution in [0, 0.1) is 6.92 Å². The number of nitrogens with one attached hydrogen (secondary N) is 1. The van der Waals surface area contributed by atoms with Crippen LogP contribution in [-0.2, 0) is 26.2 Å². The number of unbranched alkanes of at least 4 members (excludes halogenated alkanes) is 1. The van der Waals surface area contributed by atoms with Crippen molar-refractivity contribution in [2.45, 2.75) is 52.6 Å². The number of sulfonamides is 1. The Morgan fingerprint density at radius 1 is 1.06 bits per heavy atom. The van der Waals surface area contributed by atoms with Gasteiger partial charge in [0.25, 0.3) is 0 Å². The number of amides is 2. The number of rotatable bonds is 12. The van der Waals surface area contributed by atoms with Gasteiger partial charge >= 0.3 is 0 Å². The van der Waals surface area contributed by atoms with E-state index < -0.39 is 28.5 Å². The highest BCUT2D eigenvalue weighted by Gasteiger charge is 2.32. The molecule has 192 valence electrons. The number of halogens is 2. The largest absolute Gasteiger partial charge is 0.354 e. The molecule has 0 fully saturated rings. The van der Waals surface area contributed by atoms with Gasteiger partial charge in [-0.15, -0.1) is 0 Å². The first-order chi connectivity index (χ1) is 16.5. The van der Waals surface area contributed by atoms with Crippen molar-refractivity contribution in [2.75, 3.05) is 23.7 Å². The minimum atomic E-state index is -3.86. The average Bonchev–Trinajstić information content (AvgIpc) is 2.77. The minimum absolute atomic E-state index is 0.166. The van der Waals surface area contributed by atoms with Gasteiger partial charge in [0.05, 0.1) is 11.9 Å². The number of nitrogens with zero attached hydrogens (tertiary/aromatic N) is 2. The molecule has 1 atom stereocenters. The summed E-state index contributed by atoms with van der Waals surface area (Å²) >= 11 is 12.2. The van der Waals surface area contributed by atoms with Crippen LogP contribution < -0.4 is 9.62 Å². The topological polar surface area (TPSA) is 86.8 Å². The summed E-state index contributed by atoms with van der Waals surface area (Å²) in [6, 6.07) is 11.2. The van der Waals surface area contributed by atoms with Crippen LogP contribution >= 0.6 is 23.2 Å². The van der Waals surface area contributed by atoms with Crippen LogP contribution in [-0.4, -0.2) is 50.5 Å². The van der Waals surface area contributed by atoms with Crippen LogP contribution in [0.5, 0.6) is 0 Å². The molecule has 0 aromatic heterocycles. The van der Waals surface area contributed by atoms with E-state index in [1.807, 2.05) is 45.0 Å². The van der Waals surface area contributed by atoms with Crippen LogP contribution in [0.2, 0.25) is 10.0 Å². The smallest absolute Gasteiger partial charge is 0.244 e. The Labute approximate surface area is 218 Å². The molecule has 0 aliphatic carbocycles. The SMILES string of the molecule is CCCCNC(=O)C(CC)N(Cc1ccccc1C)C(=O)CN(c1cc(Cl)cc(Cl)c1)S(C)(=O)=O. The Hall–Kier alpha value is -2.29. The van der Waals surface area contributed by atoms with Crippen molar-refractivity contribution in [1.29, 1.82) is 0 Å². The first-order valence-corrected chi connectivity index (χ1v) is 14.1. The highest BCUT2D eigenvalue weighted by atomic mass is 35.5.